The van der Waals surface area contributed by atoms with Crippen molar-refractivity contribution >= 4 is 81.2 Å². The molecule has 0 saturated heterocycles. The lowest BCUT2D eigenvalue weighted by molar-refractivity contribution is 0.102. The number of halogens is 6. The molecule has 2 N–H and O–H groups in total. The normalized spacial score (nSPS) is 11.9. The Hall–Kier alpha value is -1.54. The Balaban J connectivity index is 2.07. The minimum absolute atomic E-state index is 0.0225. The molecule has 156 valence electrons. The Morgan fingerprint density at radius 1 is 0.800 bits per heavy atom. The average molecular weight is 527 g/mol. The Morgan fingerprint density at radius 3 is 1.87 bits per heavy atom. The minimum Gasteiger partial charge on any atom is -0.508 e. The molecule has 3 aromatic rings. The van der Waals surface area contributed by atoms with Crippen molar-refractivity contribution in [1.29, 1.82) is 0 Å². The van der Waals surface area contributed by atoms with Crippen molar-refractivity contribution in [2.75, 3.05) is 5.32 Å². The number of benzene rings is 2. The van der Waals surface area contributed by atoms with Crippen molar-refractivity contribution in [2.45, 2.75) is 7.59 Å². The molecular weight excluding hydrogens is 517 g/mol. The zero-order valence-electron chi connectivity index (χ0n) is 14.6. The van der Waals surface area contributed by atoms with Crippen LogP contribution in [0.25, 0.3) is 11.4 Å². The van der Waals surface area contributed by atoms with Crippen LogP contribution in [0.1, 0.15) is 22.0 Å². The number of hydrogen-bond donors (Lipinski definition) is 2. The fourth-order valence-corrected chi connectivity index (χ4v) is 2.85. The number of hydrogen-bond acceptors (Lipinski definition) is 5. The molecule has 3 rings (SSSR count). The molecule has 12 heteroatoms. The zero-order valence-corrected chi connectivity index (χ0v) is 19.1. The lowest BCUT2D eigenvalue weighted by Gasteiger charge is -2.17. The quantitative estimate of drug-likeness (QED) is 0.400. The monoisotopic (exact) mass is 524 g/mol. The highest BCUT2D eigenvalue weighted by molar-refractivity contribution is 6.67. The maximum atomic E-state index is 12.6. The second kappa shape index (κ2) is 8.91. The number of aromatic nitrogens is 3. The second-order valence-electron chi connectivity index (χ2n) is 5.85. The number of phenols is 1. The van der Waals surface area contributed by atoms with E-state index in [1.54, 1.807) is 24.3 Å². The predicted molar refractivity (Wildman–Crippen MR) is 120 cm³/mol. The Morgan fingerprint density at radius 2 is 1.33 bits per heavy atom. The molecular formula is C18H10Cl6N4O2. The van der Waals surface area contributed by atoms with E-state index in [1.165, 1.54) is 24.3 Å². The van der Waals surface area contributed by atoms with Crippen LogP contribution in [-0.4, -0.2) is 26.0 Å². The van der Waals surface area contributed by atoms with Gasteiger partial charge < -0.3 is 10.4 Å². The van der Waals surface area contributed by atoms with Gasteiger partial charge in [-0.3, -0.25) is 4.79 Å². The third kappa shape index (κ3) is 5.58. The molecule has 0 fully saturated rings. The minimum atomic E-state index is -2.01. The Kier molecular flexibility index (Phi) is 6.87. The van der Waals surface area contributed by atoms with Crippen molar-refractivity contribution in [3.05, 3.63) is 65.7 Å². The van der Waals surface area contributed by atoms with Crippen LogP contribution in [-0.2, 0) is 7.59 Å². The van der Waals surface area contributed by atoms with Crippen LogP contribution >= 0.6 is 69.6 Å². The summed E-state index contributed by atoms with van der Waals surface area (Å²) >= 11 is 35.5. The van der Waals surface area contributed by atoms with Crippen molar-refractivity contribution in [3.63, 3.8) is 0 Å². The summed E-state index contributed by atoms with van der Waals surface area (Å²) in [6.07, 6.45) is 0. The summed E-state index contributed by atoms with van der Waals surface area (Å²) in [6, 6.07) is 12.4. The van der Waals surface area contributed by atoms with E-state index in [0.717, 1.165) is 0 Å². The smallest absolute Gasteiger partial charge is 0.255 e. The van der Waals surface area contributed by atoms with E-state index in [4.69, 9.17) is 69.6 Å². The van der Waals surface area contributed by atoms with E-state index in [0.29, 0.717) is 16.8 Å². The third-order valence-electron chi connectivity index (χ3n) is 3.69. The summed E-state index contributed by atoms with van der Waals surface area (Å²) in [5, 5.41) is 12.1. The molecule has 30 heavy (non-hydrogen) atoms. The van der Waals surface area contributed by atoms with Gasteiger partial charge >= 0.3 is 0 Å². The van der Waals surface area contributed by atoms with Crippen LogP contribution in [0, 0.1) is 0 Å². The first kappa shape index (κ1) is 23.1. The van der Waals surface area contributed by atoms with Gasteiger partial charge in [-0.05, 0) is 36.4 Å². The fourth-order valence-electron chi connectivity index (χ4n) is 2.34. The highest BCUT2D eigenvalue weighted by Crippen LogP contribution is 2.41. The van der Waals surface area contributed by atoms with Gasteiger partial charge in [0, 0.05) is 11.1 Å². The Bertz CT molecular complexity index is 1050. The number of phenolic OH excluding ortho intramolecular Hbond substituents is 1. The van der Waals surface area contributed by atoms with Crippen molar-refractivity contribution in [2.24, 2.45) is 0 Å². The first-order valence-corrected chi connectivity index (χ1v) is 10.3. The van der Waals surface area contributed by atoms with E-state index >= 15 is 0 Å². The molecule has 2 aromatic carbocycles. The number of rotatable bonds is 3. The van der Waals surface area contributed by atoms with Gasteiger partial charge in [0.1, 0.15) is 5.75 Å². The fraction of sp³-hybridized carbons (Fsp3) is 0.111. The van der Waals surface area contributed by atoms with Gasteiger partial charge in [0.05, 0.1) is 5.69 Å². The number of aromatic hydroxyl groups is 1. The van der Waals surface area contributed by atoms with Crippen LogP contribution in [0.15, 0.2) is 48.5 Å². The summed E-state index contributed by atoms with van der Waals surface area (Å²) < 4.78 is -4.01. The summed E-state index contributed by atoms with van der Waals surface area (Å²) in [6.45, 7) is 0. The third-order valence-corrected chi connectivity index (χ3v) is 4.70. The average Bonchev–Trinajstić information content (AvgIpc) is 2.67. The lowest BCUT2D eigenvalue weighted by atomic mass is 10.1. The molecule has 0 saturated carbocycles. The summed E-state index contributed by atoms with van der Waals surface area (Å²) in [4.78, 5) is 24.8. The van der Waals surface area contributed by atoms with Gasteiger partial charge in [0.2, 0.25) is 7.59 Å². The van der Waals surface area contributed by atoms with E-state index < -0.39 is 13.5 Å². The molecule has 0 aliphatic rings. The van der Waals surface area contributed by atoms with E-state index in [1.807, 2.05) is 0 Å². The molecule has 0 aliphatic heterocycles. The number of carbonyl (C=O) groups excluding carboxylic acids is 1. The predicted octanol–water partition coefficient (Wildman–Crippen LogP) is 6.15. The van der Waals surface area contributed by atoms with Gasteiger partial charge in [0.15, 0.2) is 17.5 Å². The molecule has 0 unspecified atom stereocenters. The van der Waals surface area contributed by atoms with Gasteiger partial charge in [-0.1, -0.05) is 81.7 Å². The summed E-state index contributed by atoms with van der Waals surface area (Å²) in [5.41, 5.74) is 1.05. The highest BCUT2D eigenvalue weighted by atomic mass is 35.6. The molecule has 0 radical (unpaired) electrons. The lowest BCUT2D eigenvalue weighted by Crippen LogP contribution is -2.17. The molecule has 6 nitrogen and oxygen atoms in total. The van der Waals surface area contributed by atoms with E-state index in [9.17, 15) is 9.90 Å². The maximum Gasteiger partial charge on any atom is 0.255 e. The van der Waals surface area contributed by atoms with Crippen molar-refractivity contribution < 1.29 is 9.90 Å². The molecule has 0 aliphatic carbocycles. The van der Waals surface area contributed by atoms with E-state index in [-0.39, 0.29) is 23.2 Å². The number of amides is 1. The number of carbonyl (C=O) groups is 1. The number of alkyl halides is 6. The van der Waals surface area contributed by atoms with Crippen LogP contribution < -0.4 is 5.32 Å². The molecule has 1 amide bonds. The van der Waals surface area contributed by atoms with Crippen LogP contribution in [0.3, 0.4) is 0 Å². The van der Waals surface area contributed by atoms with Gasteiger partial charge in [-0.15, -0.1) is 0 Å². The maximum absolute atomic E-state index is 12.6. The number of anilines is 1. The van der Waals surface area contributed by atoms with Crippen LogP contribution in [0.5, 0.6) is 5.75 Å². The van der Waals surface area contributed by atoms with Crippen LogP contribution in [0.4, 0.5) is 5.69 Å². The first-order chi connectivity index (χ1) is 13.9. The molecule has 1 heterocycles. The molecule has 0 bridgehead atoms. The SMILES string of the molecule is O=C(Nc1ccccc1-c1nc(C(Cl)(Cl)Cl)nc(C(Cl)(Cl)Cl)n1)c1ccc(O)cc1. The Labute approximate surface area is 201 Å². The second-order valence-corrected chi connectivity index (χ2v) is 10.4. The molecule has 0 atom stereocenters. The van der Waals surface area contributed by atoms with Crippen molar-refractivity contribution in [1.82, 2.24) is 15.0 Å². The van der Waals surface area contributed by atoms with Gasteiger partial charge in [0.25, 0.3) is 5.91 Å². The number of nitrogens with zero attached hydrogens (tertiary/aromatic N) is 3. The summed E-state index contributed by atoms with van der Waals surface area (Å²) in [5.74, 6) is -0.874. The zero-order chi connectivity index (χ0) is 22.1. The van der Waals surface area contributed by atoms with Crippen LogP contribution in [0.2, 0.25) is 0 Å². The highest BCUT2D eigenvalue weighted by Gasteiger charge is 2.34. The first-order valence-electron chi connectivity index (χ1n) is 8.05. The number of nitrogens with one attached hydrogen (secondary N) is 1. The standard InChI is InChI=1S/C18H10Cl6N4O2/c19-17(20,21)15-26-13(27-16(28-15)18(22,23)24)11-3-1-2-4-12(11)25-14(30)9-5-7-10(29)8-6-9/h1-8,29H,(H,25,30). The molecule has 0 spiro atoms. The molecule has 1 aromatic heterocycles. The number of para-hydroxylation sites is 1. The van der Waals surface area contributed by atoms with Gasteiger partial charge in [-0.2, -0.15) is 0 Å². The topological polar surface area (TPSA) is 88.0 Å². The van der Waals surface area contributed by atoms with Crippen molar-refractivity contribution in [3.8, 4) is 17.1 Å². The summed E-state index contributed by atoms with van der Waals surface area (Å²) in [7, 11) is 0. The van der Waals surface area contributed by atoms with E-state index in [2.05, 4.69) is 20.3 Å². The largest absolute Gasteiger partial charge is 0.508 e. The van der Waals surface area contributed by atoms with Gasteiger partial charge in [-0.25, -0.2) is 15.0 Å².